The molecular formula is C29H46. The largest absolute Gasteiger partial charge is 0.0651 e. The van der Waals surface area contributed by atoms with Gasteiger partial charge in [0.2, 0.25) is 0 Å². The summed E-state index contributed by atoms with van der Waals surface area (Å²) in [5, 5.41) is 0. The van der Waals surface area contributed by atoms with Gasteiger partial charge in [0.05, 0.1) is 0 Å². The zero-order chi connectivity index (χ0) is 20.8. The van der Waals surface area contributed by atoms with E-state index in [4.69, 9.17) is 0 Å². The van der Waals surface area contributed by atoms with Crippen LogP contribution in [0.5, 0.6) is 0 Å². The van der Waals surface area contributed by atoms with Gasteiger partial charge in [-0.1, -0.05) is 65.7 Å². The quantitative estimate of drug-likeness (QED) is 0.453. The van der Waals surface area contributed by atoms with Crippen molar-refractivity contribution in [3.05, 3.63) is 34.9 Å². The maximum atomic E-state index is 2.72. The van der Waals surface area contributed by atoms with Gasteiger partial charge in [-0.3, -0.25) is 0 Å². The normalized spacial score (nSPS) is 35.7. The maximum Gasteiger partial charge on any atom is -0.0128 e. The Morgan fingerprint density at radius 3 is 2.55 bits per heavy atom. The molecule has 0 heteroatoms. The van der Waals surface area contributed by atoms with Crippen LogP contribution in [-0.4, -0.2) is 0 Å². The molecule has 0 heterocycles. The highest BCUT2D eigenvalue weighted by Gasteiger charge is 2.55. The van der Waals surface area contributed by atoms with Crippen LogP contribution in [0, 0.1) is 47.8 Å². The Kier molecular flexibility index (Phi) is 6.21. The summed E-state index contributed by atoms with van der Waals surface area (Å²) in [6.45, 7) is 14.9. The first-order chi connectivity index (χ1) is 13.9. The van der Waals surface area contributed by atoms with Crippen molar-refractivity contribution in [3.8, 4) is 0 Å². The molecule has 0 nitrogen and oxygen atoms in total. The van der Waals surface area contributed by atoms with Gasteiger partial charge < -0.3 is 0 Å². The Morgan fingerprint density at radius 2 is 1.83 bits per heavy atom. The highest BCUT2D eigenvalue weighted by Crippen LogP contribution is 2.64. The van der Waals surface area contributed by atoms with Crippen molar-refractivity contribution in [2.45, 2.75) is 105 Å². The number of rotatable bonds is 6. The van der Waals surface area contributed by atoms with Crippen LogP contribution < -0.4 is 0 Å². The Hall–Kier alpha value is -0.780. The molecule has 2 saturated carbocycles. The lowest BCUT2D eigenvalue weighted by Gasteiger charge is -2.52. The lowest BCUT2D eigenvalue weighted by molar-refractivity contribution is 0.00886. The Bertz CT molecular complexity index is 700. The average Bonchev–Trinajstić information content (AvgIpc) is 3.05. The molecule has 0 aliphatic heterocycles. The molecule has 0 N–H and O–H groups in total. The molecule has 2 fully saturated rings. The smallest absolute Gasteiger partial charge is 0.0128 e. The van der Waals surface area contributed by atoms with Crippen LogP contribution in [-0.2, 0) is 6.42 Å². The first kappa shape index (κ1) is 21.5. The topological polar surface area (TPSA) is 0 Å². The molecule has 0 unspecified atom stereocenters. The number of hydrogen-bond donors (Lipinski definition) is 0. The van der Waals surface area contributed by atoms with Gasteiger partial charge in [-0.15, -0.1) is 0 Å². The Labute approximate surface area is 181 Å². The van der Waals surface area contributed by atoms with Crippen molar-refractivity contribution >= 4 is 0 Å². The third kappa shape index (κ3) is 3.72. The van der Waals surface area contributed by atoms with Gasteiger partial charge in [-0.05, 0) is 115 Å². The van der Waals surface area contributed by atoms with Crippen molar-refractivity contribution < 1.29 is 0 Å². The van der Waals surface area contributed by atoms with Crippen LogP contribution in [0.25, 0.3) is 0 Å². The van der Waals surface area contributed by atoms with Gasteiger partial charge in [0.25, 0.3) is 0 Å². The van der Waals surface area contributed by atoms with Crippen LogP contribution >= 0.6 is 0 Å². The first-order valence-corrected chi connectivity index (χ1v) is 12.9. The van der Waals surface area contributed by atoms with Crippen molar-refractivity contribution in [1.29, 1.82) is 0 Å². The SMILES string of the molecule is CC[C@H](CC[C@@H](C)[C@H]1CC[C@H]2[C@@H]3CCc4c(C)cccc4[C@H]3CC[C@]12C)C(C)C. The molecule has 0 radical (unpaired) electrons. The number of aryl methyl sites for hydroxylation is 1. The Balaban J connectivity index is 1.48. The number of hydrogen-bond acceptors (Lipinski definition) is 0. The summed E-state index contributed by atoms with van der Waals surface area (Å²) < 4.78 is 0. The van der Waals surface area contributed by atoms with Gasteiger partial charge >= 0.3 is 0 Å². The summed E-state index contributed by atoms with van der Waals surface area (Å²) in [6.07, 6.45) is 13.0. The summed E-state index contributed by atoms with van der Waals surface area (Å²) in [4.78, 5) is 0. The molecule has 162 valence electrons. The monoisotopic (exact) mass is 394 g/mol. The molecular weight excluding hydrogens is 348 g/mol. The molecule has 7 atom stereocenters. The van der Waals surface area contributed by atoms with E-state index in [0.717, 1.165) is 41.4 Å². The zero-order valence-corrected chi connectivity index (χ0v) is 20.1. The summed E-state index contributed by atoms with van der Waals surface area (Å²) in [7, 11) is 0. The minimum atomic E-state index is 0.613. The molecule has 4 rings (SSSR count). The van der Waals surface area contributed by atoms with Gasteiger partial charge in [-0.2, -0.15) is 0 Å². The van der Waals surface area contributed by atoms with E-state index >= 15 is 0 Å². The van der Waals surface area contributed by atoms with Crippen LogP contribution in [0.1, 0.15) is 109 Å². The third-order valence-corrected chi connectivity index (χ3v) is 10.2. The second-order valence-corrected chi connectivity index (χ2v) is 11.8. The van der Waals surface area contributed by atoms with E-state index in [2.05, 4.69) is 59.7 Å². The van der Waals surface area contributed by atoms with E-state index in [0.29, 0.717) is 5.41 Å². The lowest BCUT2D eigenvalue weighted by atomic mass is 9.53. The van der Waals surface area contributed by atoms with Gasteiger partial charge in [0.1, 0.15) is 0 Å². The molecule has 0 saturated heterocycles. The van der Waals surface area contributed by atoms with Crippen molar-refractivity contribution in [2.75, 3.05) is 0 Å². The molecule has 29 heavy (non-hydrogen) atoms. The molecule has 0 amide bonds. The third-order valence-electron chi connectivity index (χ3n) is 10.2. The van der Waals surface area contributed by atoms with E-state index < -0.39 is 0 Å². The molecule has 3 aliphatic rings. The predicted octanol–water partition coefficient (Wildman–Crippen LogP) is 8.57. The van der Waals surface area contributed by atoms with E-state index in [1.165, 1.54) is 57.8 Å². The predicted molar refractivity (Wildman–Crippen MR) is 126 cm³/mol. The number of benzene rings is 1. The van der Waals surface area contributed by atoms with Crippen LogP contribution in [0.15, 0.2) is 18.2 Å². The zero-order valence-electron chi connectivity index (χ0n) is 20.1. The minimum absolute atomic E-state index is 0.613. The molecule has 1 aromatic carbocycles. The second kappa shape index (κ2) is 8.39. The minimum Gasteiger partial charge on any atom is -0.0651 e. The molecule has 0 aromatic heterocycles. The maximum absolute atomic E-state index is 2.72. The van der Waals surface area contributed by atoms with Crippen LogP contribution in [0.4, 0.5) is 0 Å². The second-order valence-electron chi connectivity index (χ2n) is 11.8. The summed E-state index contributed by atoms with van der Waals surface area (Å²) >= 11 is 0. The van der Waals surface area contributed by atoms with E-state index in [1.54, 1.807) is 16.7 Å². The van der Waals surface area contributed by atoms with E-state index in [9.17, 15) is 0 Å². The number of fused-ring (bicyclic) bond motifs is 5. The summed E-state index contributed by atoms with van der Waals surface area (Å²) in [5.74, 6) is 6.45. The summed E-state index contributed by atoms with van der Waals surface area (Å²) in [6, 6.07) is 7.14. The highest BCUT2D eigenvalue weighted by molar-refractivity contribution is 5.40. The van der Waals surface area contributed by atoms with Crippen molar-refractivity contribution in [1.82, 2.24) is 0 Å². The molecule has 3 aliphatic carbocycles. The standard InChI is InChI=1S/C29H46/c1-7-22(19(2)3)12-11-21(5)27-15-16-28-26-14-13-23-20(4)9-8-10-24(23)25(26)17-18-29(27,28)6/h8-10,19,21-22,25-28H,7,11-18H2,1-6H3/t21-,22-,25-,26-,27-,28+,29-/m1/s1. The molecule has 0 bridgehead atoms. The van der Waals surface area contributed by atoms with Crippen molar-refractivity contribution in [2.24, 2.45) is 40.9 Å². The van der Waals surface area contributed by atoms with Gasteiger partial charge in [0.15, 0.2) is 0 Å². The van der Waals surface area contributed by atoms with Gasteiger partial charge in [-0.25, -0.2) is 0 Å². The van der Waals surface area contributed by atoms with E-state index in [-0.39, 0.29) is 0 Å². The Morgan fingerprint density at radius 1 is 1.03 bits per heavy atom. The van der Waals surface area contributed by atoms with E-state index in [1.807, 2.05) is 0 Å². The highest BCUT2D eigenvalue weighted by atomic mass is 14.6. The summed E-state index contributed by atoms with van der Waals surface area (Å²) in [5.41, 5.74) is 5.60. The fraction of sp³-hybridized carbons (Fsp3) is 0.793. The molecule has 0 spiro atoms. The van der Waals surface area contributed by atoms with Gasteiger partial charge in [0, 0.05) is 0 Å². The first-order valence-electron chi connectivity index (χ1n) is 12.9. The van der Waals surface area contributed by atoms with Crippen molar-refractivity contribution in [3.63, 3.8) is 0 Å². The van der Waals surface area contributed by atoms with Crippen LogP contribution in [0.3, 0.4) is 0 Å². The van der Waals surface area contributed by atoms with Crippen LogP contribution in [0.2, 0.25) is 0 Å². The fourth-order valence-corrected chi connectivity index (χ4v) is 8.46. The average molecular weight is 395 g/mol. The molecule has 1 aromatic rings. The fourth-order valence-electron chi connectivity index (χ4n) is 8.46. The lowest BCUT2D eigenvalue weighted by Crippen LogP contribution is -2.43.